The number of benzene rings is 1. The van der Waals surface area contributed by atoms with Crippen LogP contribution in [0.2, 0.25) is 0 Å². The van der Waals surface area contributed by atoms with Crippen LogP contribution in [-0.4, -0.2) is 36.0 Å². The normalized spacial score (nSPS) is 16.4. The Labute approximate surface area is 171 Å². The van der Waals surface area contributed by atoms with Gasteiger partial charge in [-0.1, -0.05) is 18.9 Å². The first-order chi connectivity index (χ1) is 11.6. The number of hydrogen-bond acceptors (Lipinski definition) is 3. The molecule has 0 spiro atoms. The van der Waals surface area contributed by atoms with Crippen molar-refractivity contribution >= 4 is 41.7 Å². The molecule has 142 valence electrons. The van der Waals surface area contributed by atoms with Crippen LogP contribution in [0.5, 0.6) is 0 Å². The standard InChI is InChI=1S/C18H28FN3OS.HI/c1-3-20-17(22-13-18(23)8-4-5-9-18)21-11-14-6-7-16(19)10-15(14)12-24-2;/h6-7,10,23H,3-5,8-9,11-13H2,1-2H3,(H2,20,21,22);1H. The maximum Gasteiger partial charge on any atom is 0.191 e. The van der Waals surface area contributed by atoms with Gasteiger partial charge in [0.15, 0.2) is 5.96 Å². The van der Waals surface area contributed by atoms with Crippen molar-refractivity contribution in [3.05, 3.63) is 35.1 Å². The molecular formula is C18H29FIN3OS. The molecule has 1 aromatic carbocycles. The first-order valence-electron chi connectivity index (χ1n) is 8.57. The van der Waals surface area contributed by atoms with Gasteiger partial charge in [0.1, 0.15) is 5.82 Å². The molecular weight excluding hydrogens is 452 g/mol. The van der Waals surface area contributed by atoms with E-state index in [4.69, 9.17) is 0 Å². The number of guanidine groups is 1. The molecule has 0 unspecified atom stereocenters. The second-order valence-corrected chi connectivity index (χ2v) is 7.19. The fourth-order valence-corrected chi connectivity index (χ4v) is 3.58. The Bertz CT molecular complexity index is 565. The van der Waals surface area contributed by atoms with Crippen LogP contribution in [0.25, 0.3) is 0 Å². The Kier molecular flexibility index (Phi) is 10.1. The molecule has 1 fully saturated rings. The summed E-state index contributed by atoms with van der Waals surface area (Å²) in [7, 11) is 0. The quantitative estimate of drug-likeness (QED) is 0.316. The second-order valence-electron chi connectivity index (χ2n) is 6.33. The Morgan fingerprint density at radius 1 is 1.28 bits per heavy atom. The Morgan fingerprint density at radius 3 is 2.64 bits per heavy atom. The summed E-state index contributed by atoms with van der Waals surface area (Å²) in [6.07, 6.45) is 5.86. The van der Waals surface area contributed by atoms with Crippen molar-refractivity contribution in [2.75, 3.05) is 19.3 Å². The number of rotatable bonds is 7. The SMILES string of the molecule is CCNC(=NCc1ccc(F)cc1CSC)NCC1(O)CCCC1.I. The average Bonchev–Trinajstić information content (AvgIpc) is 2.99. The van der Waals surface area contributed by atoms with Crippen LogP contribution >= 0.6 is 35.7 Å². The Balaban J connectivity index is 0.00000312. The van der Waals surface area contributed by atoms with Crippen LogP contribution in [0.3, 0.4) is 0 Å². The maximum absolute atomic E-state index is 13.4. The maximum atomic E-state index is 13.4. The van der Waals surface area contributed by atoms with Gasteiger partial charge in [-0.3, -0.25) is 0 Å². The lowest BCUT2D eigenvalue weighted by atomic mass is 10.0. The lowest BCUT2D eigenvalue weighted by molar-refractivity contribution is 0.0522. The number of aliphatic hydroxyl groups is 1. The number of hydrogen-bond donors (Lipinski definition) is 3. The van der Waals surface area contributed by atoms with E-state index in [1.165, 1.54) is 6.07 Å². The summed E-state index contributed by atoms with van der Waals surface area (Å²) in [6, 6.07) is 4.87. The molecule has 1 saturated carbocycles. The molecule has 0 bridgehead atoms. The van der Waals surface area contributed by atoms with Crippen molar-refractivity contribution in [2.45, 2.75) is 50.5 Å². The molecule has 1 aliphatic carbocycles. The van der Waals surface area contributed by atoms with Crippen LogP contribution < -0.4 is 10.6 Å². The molecule has 0 aromatic heterocycles. The van der Waals surface area contributed by atoms with E-state index in [1.807, 2.05) is 13.2 Å². The zero-order chi connectivity index (χ0) is 17.4. The van der Waals surface area contributed by atoms with Gasteiger partial charge >= 0.3 is 0 Å². The third kappa shape index (κ3) is 7.30. The summed E-state index contributed by atoms with van der Waals surface area (Å²) in [6.45, 7) is 3.77. The lowest BCUT2D eigenvalue weighted by Gasteiger charge is -2.23. The van der Waals surface area contributed by atoms with Gasteiger partial charge in [0.25, 0.3) is 0 Å². The smallest absolute Gasteiger partial charge is 0.191 e. The van der Waals surface area contributed by atoms with Crippen molar-refractivity contribution < 1.29 is 9.50 Å². The predicted molar refractivity (Wildman–Crippen MR) is 115 cm³/mol. The van der Waals surface area contributed by atoms with Gasteiger partial charge in [-0.15, -0.1) is 24.0 Å². The number of nitrogens with one attached hydrogen (secondary N) is 2. The van der Waals surface area contributed by atoms with Gasteiger partial charge in [-0.25, -0.2) is 9.38 Å². The summed E-state index contributed by atoms with van der Waals surface area (Å²) >= 11 is 1.67. The summed E-state index contributed by atoms with van der Waals surface area (Å²) in [5, 5.41) is 16.9. The fraction of sp³-hybridized carbons (Fsp3) is 0.611. The lowest BCUT2D eigenvalue weighted by Crippen LogP contribution is -2.46. The van der Waals surface area contributed by atoms with Gasteiger partial charge in [0.2, 0.25) is 0 Å². The van der Waals surface area contributed by atoms with E-state index in [1.54, 1.807) is 23.9 Å². The van der Waals surface area contributed by atoms with Crippen LogP contribution in [0.4, 0.5) is 4.39 Å². The average molecular weight is 481 g/mol. The van der Waals surface area contributed by atoms with Crippen molar-refractivity contribution in [3.63, 3.8) is 0 Å². The summed E-state index contributed by atoms with van der Waals surface area (Å²) in [4.78, 5) is 4.60. The van der Waals surface area contributed by atoms with Gasteiger partial charge in [-0.2, -0.15) is 11.8 Å². The minimum atomic E-state index is -0.615. The third-order valence-electron chi connectivity index (χ3n) is 4.34. The van der Waals surface area contributed by atoms with E-state index in [2.05, 4.69) is 15.6 Å². The number of aliphatic imine (C=N–C) groups is 1. The predicted octanol–water partition coefficient (Wildman–Crippen LogP) is 3.67. The van der Waals surface area contributed by atoms with E-state index < -0.39 is 5.60 Å². The molecule has 0 heterocycles. The van der Waals surface area contributed by atoms with E-state index in [9.17, 15) is 9.50 Å². The number of thioether (sulfide) groups is 1. The van der Waals surface area contributed by atoms with E-state index >= 15 is 0 Å². The molecule has 0 atom stereocenters. The molecule has 3 N–H and O–H groups in total. The molecule has 1 aliphatic rings. The molecule has 1 aromatic rings. The van der Waals surface area contributed by atoms with Crippen LogP contribution in [0.15, 0.2) is 23.2 Å². The molecule has 0 aliphatic heterocycles. The first kappa shape index (κ1) is 22.5. The van der Waals surface area contributed by atoms with E-state index in [0.29, 0.717) is 19.0 Å². The molecule has 4 nitrogen and oxygen atoms in total. The van der Waals surface area contributed by atoms with Crippen LogP contribution in [0.1, 0.15) is 43.7 Å². The summed E-state index contributed by atoms with van der Waals surface area (Å²) in [5.41, 5.74) is 1.40. The second kappa shape index (κ2) is 11.2. The largest absolute Gasteiger partial charge is 0.388 e. The number of nitrogens with zero attached hydrogens (tertiary/aromatic N) is 1. The molecule has 0 saturated heterocycles. The molecule has 2 rings (SSSR count). The van der Waals surface area contributed by atoms with Crippen molar-refractivity contribution in [1.29, 1.82) is 0 Å². The van der Waals surface area contributed by atoms with Gasteiger partial charge in [-0.05, 0) is 49.3 Å². The molecule has 0 radical (unpaired) electrons. The van der Waals surface area contributed by atoms with E-state index in [0.717, 1.165) is 49.1 Å². The van der Waals surface area contributed by atoms with Crippen molar-refractivity contribution in [1.82, 2.24) is 10.6 Å². The molecule has 0 amide bonds. The first-order valence-corrected chi connectivity index (χ1v) is 9.96. The topological polar surface area (TPSA) is 56.7 Å². The zero-order valence-corrected chi connectivity index (χ0v) is 18.1. The Hall–Kier alpha value is -0.540. The van der Waals surface area contributed by atoms with Crippen molar-refractivity contribution in [2.24, 2.45) is 4.99 Å². The van der Waals surface area contributed by atoms with Crippen LogP contribution in [0, 0.1) is 5.82 Å². The highest BCUT2D eigenvalue weighted by molar-refractivity contribution is 14.0. The summed E-state index contributed by atoms with van der Waals surface area (Å²) < 4.78 is 13.4. The molecule has 7 heteroatoms. The monoisotopic (exact) mass is 481 g/mol. The van der Waals surface area contributed by atoms with Crippen molar-refractivity contribution in [3.8, 4) is 0 Å². The van der Waals surface area contributed by atoms with Gasteiger partial charge < -0.3 is 15.7 Å². The zero-order valence-electron chi connectivity index (χ0n) is 15.0. The highest BCUT2D eigenvalue weighted by Gasteiger charge is 2.30. The minimum absolute atomic E-state index is 0. The fourth-order valence-electron chi connectivity index (χ4n) is 3.00. The minimum Gasteiger partial charge on any atom is -0.388 e. The summed E-state index contributed by atoms with van der Waals surface area (Å²) in [5.74, 6) is 1.25. The third-order valence-corrected chi connectivity index (χ3v) is 4.94. The molecule has 25 heavy (non-hydrogen) atoms. The van der Waals surface area contributed by atoms with Gasteiger partial charge in [0.05, 0.1) is 12.1 Å². The van der Waals surface area contributed by atoms with Gasteiger partial charge in [0, 0.05) is 18.8 Å². The highest BCUT2D eigenvalue weighted by atomic mass is 127. The number of halogens is 2. The van der Waals surface area contributed by atoms with Crippen LogP contribution in [-0.2, 0) is 12.3 Å². The Morgan fingerprint density at radius 2 is 2.00 bits per heavy atom. The van der Waals surface area contributed by atoms with E-state index in [-0.39, 0.29) is 29.8 Å². The highest BCUT2D eigenvalue weighted by Crippen LogP contribution is 2.28.